The molecule has 0 aromatic carbocycles. The van der Waals surface area contributed by atoms with E-state index < -0.39 is 0 Å². The molecule has 1 unspecified atom stereocenters. The predicted octanol–water partition coefficient (Wildman–Crippen LogP) is 1.60. The second-order valence-corrected chi connectivity index (χ2v) is 4.63. The van der Waals surface area contributed by atoms with E-state index >= 15 is 0 Å². The highest BCUT2D eigenvalue weighted by atomic mass is 15.3. The first-order valence-electron chi connectivity index (χ1n) is 6.48. The third kappa shape index (κ3) is 2.98. The molecule has 0 aliphatic carbocycles. The van der Waals surface area contributed by atoms with E-state index in [0.29, 0.717) is 19.1 Å². The lowest BCUT2D eigenvalue weighted by Gasteiger charge is -2.08. The van der Waals surface area contributed by atoms with Gasteiger partial charge in [0.05, 0.1) is 18.4 Å². The molecule has 0 saturated carbocycles. The van der Waals surface area contributed by atoms with Crippen LogP contribution in [0.25, 0.3) is 0 Å². The number of rotatable bonds is 6. The molecule has 2 rings (SSSR count). The molecular weight excluding hydrogens is 226 g/mol. The monoisotopic (exact) mass is 247 g/mol. The number of nitrogens with zero attached hydrogens (tertiary/aromatic N) is 4. The first kappa shape index (κ1) is 12.8. The molecule has 0 aliphatic heterocycles. The van der Waals surface area contributed by atoms with E-state index in [9.17, 15) is 0 Å². The van der Waals surface area contributed by atoms with Gasteiger partial charge in [-0.2, -0.15) is 10.2 Å². The van der Waals surface area contributed by atoms with E-state index in [4.69, 9.17) is 5.73 Å². The van der Waals surface area contributed by atoms with Crippen LogP contribution in [0.3, 0.4) is 0 Å². The van der Waals surface area contributed by atoms with Crippen LogP contribution in [0.2, 0.25) is 0 Å². The summed E-state index contributed by atoms with van der Waals surface area (Å²) < 4.78 is 3.92. The molecule has 2 heterocycles. The standard InChI is InChI=1S/C13H21N5/c1-3-11(2)18-7-5-13(16-18)10-17-9-12(4-6-14)8-15-17/h5,7-9,11H,3-4,6,10,14H2,1-2H3. The van der Waals surface area contributed by atoms with Crippen LogP contribution in [0.1, 0.15) is 37.6 Å². The zero-order chi connectivity index (χ0) is 13.0. The Morgan fingerprint density at radius 2 is 2.28 bits per heavy atom. The van der Waals surface area contributed by atoms with Crippen molar-refractivity contribution < 1.29 is 0 Å². The Labute approximate surface area is 108 Å². The van der Waals surface area contributed by atoms with E-state index in [1.165, 1.54) is 5.56 Å². The minimum atomic E-state index is 0.448. The smallest absolute Gasteiger partial charge is 0.0849 e. The van der Waals surface area contributed by atoms with Crippen molar-refractivity contribution in [1.29, 1.82) is 0 Å². The third-order valence-electron chi connectivity index (χ3n) is 3.15. The molecule has 1 atom stereocenters. The molecule has 5 heteroatoms. The summed E-state index contributed by atoms with van der Waals surface area (Å²) in [5, 5.41) is 8.88. The van der Waals surface area contributed by atoms with Crippen LogP contribution in [0, 0.1) is 0 Å². The summed E-state index contributed by atoms with van der Waals surface area (Å²) in [6.45, 7) is 5.71. The normalized spacial score (nSPS) is 12.8. The molecule has 0 radical (unpaired) electrons. The lowest BCUT2D eigenvalue weighted by Crippen LogP contribution is -2.06. The molecule has 0 bridgehead atoms. The van der Waals surface area contributed by atoms with Crippen molar-refractivity contribution in [2.75, 3.05) is 6.54 Å². The van der Waals surface area contributed by atoms with Gasteiger partial charge in [0.1, 0.15) is 0 Å². The van der Waals surface area contributed by atoms with E-state index in [1.807, 2.05) is 28.0 Å². The highest BCUT2D eigenvalue weighted by molar-refractivity contribution is 5.07. The quantitative estimate of drug-likeness (QED) is 0.843. The van der Waals surface area contributed by atoms with Gasteiger partial charge in [-0.3, -0.25) is 9.36 Å². The Balaban J connectivity index is 2.01. The van der Waals surface area contributed by atoms with Gasteiger partial charge in [0, 0.05) is 18.4 Å². The molecule has 18 heavy (non-hydrogen) atoms. The Morgan fingerprint density at radius 3 is 3.00 bits per heavy atom. The first-order valence-corrected chi connectivity index (χ1v) is 6.48. The number of nitrogens with two attached hydrogens (primary N) is 1. The third-order valence-corrected chi connectivity index (χ3v) is 3.15. The molecule has 5 nitrogen and oxygen atoms in total. The average molecular weight is 247 g/mol. The topological polar surface area (TPSA) is 61.7 Å². The fourth-order valence-electron chi connectivity index (χ4n) is 1.85. The van der Waals surface area contributed by atoms with Crippen LogP contribution < -0.4 is 5.73 Å². The molecule has 0 saturated heterocycles. The lowest BCUT2D eigenvalue weighted by molar-refractivity contribution is 0.471. The summed E-state index contributed by atoms with van der Waals surface area (Å²) in [7, 11) is 0. The van der Waals surface area contributed by atoms with E-state index in [0.717, 1.165) is 18.5 Å². The molecule has 0 spiro atoms. The van der Waals surface area contributed by atoms with Crippen molar-refractivity contribution in [3.05, 3.63) is 35.9 Å². The fourth-order valence-corrected chi connectivity index (χ4v) is 1.85. The Morgan fingerprint density at radius 1 is 1.44 bits per heavy atom. The zero-order valence-corrected chi connectivity index (χ0v) is 11.1. The lowest BCUT2D eigenvalue weighted by atomic mass is 10.3. The summed E-state index contributed by atoms with van der Waals surface area (Å²) in [6, 6.07) is 2.50. The SMILES string of the molecule is CCC(C)n1ccc(Cn2cc(CCN)cn2)n1. The summed E-state index contributed by atoms with van der Waals surface area (Å²) in [5.41, 5.74) is 7.74. The van der Waals surface area contributed by atoms with Gasteiger partial charge in [-0.1, -0.05) is 6.92 Å². The first-order chi connectivity index (χ1) is 8.72. The van der Waals surface area contributed by atoms with Gasteiger partial charge in [0.2, 0.25) is 0 Å². The summed E-state index contributed by atoms with van der Waals surface area (Å²) in [4.78, 5) is 0. The minimum absolute atomic E-state index is 0.448. The largest absolute Gasteiger partial charge is 0.330 e. The number of hydrogen-bond acceptors (Lipinski definition) is 3. The van der Waals surface area contributed by atoms with Gasteiger partial charge in [0.25, 0.3) is 0 Å². The molecule has 98 valence electrons. The highest BCUT2D eigenvalue weighted by Gasteiger charge is 2.06. The molecular formula is C13H21N5. The molecule has 2 aromatic rings. The van der Waals surface area contributed by atoms with Crippen LogP contribution in [-0.2, 0) is 13.0 Å². The maximum Gasteiger partial charge on any atom is 0.0849 e. The van der Waals surface area contributed by atoms with E-state index in [-0.39, 0.29) is 0 Å². The maximum atomic E-state index is 5.52. The summed E-state index contributed by atoms with van der Waals surface area (Å²) in [6.07, 6.45) is 7.91. The molecule has 2 aromatic heterocycles. The van der Waals surface area contributed by atoms with Gasteiger partial charge in [-0.25, -0.2) is 0 Å². The van der Waals surface area contributed by atoms with Gasteiger partial charge in [-0.15, -0.1) is 0 Å². The van der Waals surface area contributed by atoms with Crippen molar-refractivity contribution in [2.45, 2.75) is 39.3 Å². The van der Waals surface area contributed by atoms with Gasteiger partial charge in [0.15, 0.2) is 0 Å². The highest BCUT2D eigenvalue weighted by Crippen LogP contribution is 2.10. The van der Waals surface area contributed by atoms with Crippen LogP contribution in [0.4, 0.5) is 0 Å². The van der Waals surface area contributed by atoms with Crippen LogP contribution in [0.5, 0.6) is 0 Å². The second kappa shape index (κ2) is 5.82. The Bertz CT molecular complexity index is 485. The summed E-state index contributed by atoms with van der Waals surface area (Å²) >= 11 is 0. The Hall–Kier alpha value is -1.62. The maximum absolute atomic E-state index is 5.52. The minimum Gasteiger partial charge on any atom is -0.330 e. The van der Waals surface area contributed by atoms with Crippen molar-refractivity contribution in [3.8, 4) is 0 Å². The van der Waals surface area contributed by atoms with Gasteiger partial charge >= 0.3 is 0 Å². The predicted molar refractivity (Wildman–Crippen MR) is 71.3 cm³/mol. The van der Waals surface area contributed by atoms with E-state index in [2.05, 4.69) is 30.1 Å². The van der Waals surface area contributed by atoms with Gasteiger partial charge in [-0.05, 0) is 37.9 Å². The molecule has 0 amide bonds. The second-order valence-electron chi connectivity index (χ2n) is 4.63. The van der Waals surface area contributed by atoms with Crippen LogP contribution >= 0.6 is 0 Å². The molecule has 0 fully saturated rings. The van der Waals surface area contributed by atoms with Crippen molar-refractivity contribution in [1.82, 2.24) is 19.6 Å². The van der Waals surface area contributed by atoms with Gasteiger partial charge < -0.3 is 5.73 Å². The zero-order valence-electron chi connectivity index (χ0n) is 11.1. The summed E-state index contributed by atoms with van der Waals surface area (Å²) in [5.74, 6) is 0. The van der Waals surface area contributed by atoms with Crippen LogP contribution in [-0.4, -0.2) is 26.1 Å². The van der Waals surface area contributed by atoms with Crippen molar-refractivity contribution in [3.63, 3.8) is 0 Å². The average Bonchev–Trinajstić information content (AvgIpc) is 2.99. The van der Waals surface area contributed by atoms with Crippen molar-refractivity contribution in [2.24, 2.45) is 5.73 Å². The molecule has 0 aliphatic rings. The number of hydrogen-bond donors (Lipinski definition) is 1. The fraction of sp³-hybridized carbons (Fsp3) is 0.538. The number of aromatic nitrogens is 4. The molecule has 2 N–H and O–H groups in total. The Kier molecular flexibility index (Phi) is 4.15. The van der Waals surface area contributed by atoms with E-state index in [1.54, 1.807) is 0 Å². The van der Waals surface area contributed by atoms with Crippen LogP contribution in [0.15, 0.2) is 24.7 Å². The van der Waals surface area contributed by atoms with Crippen molar-refractivity contribution >= 4 is 0 Å².